The quantitative estimate of drug-likeness (QED) is 0.659. The number of rotatable bonds is 3. The fraction of sp³-hybridized carbons (Fsp3) is 0.143. The van der Waals surface area contributed by atoms with Gasteiger partial charge in [0.1, 0.15) is 5.82 Å². The van der Waals surface area contributed by atoms with Crippen molar-refractivity contribution in [2.45, 2.75) is 12.7 Å². The van der Waals surface area contributed by atoms with Crippen molar-refractivity contribution >= 4 is 11.4 Å². The summed E-state index contributed by atoms with van der Waals surface area (Å²) in [7, 11) is 0. The summed E-state index contributed by atoms with van der Waals surface area (Å²) in [5, 5.41) is 2.82. The van der Waals surface area contributed by atoms with Crippen molar-refractivity contribution in [3.8, 4) is 0 Å². The average Bonchev–Trinajstić information content (AvgIpc) is 2.40. The molecule has 0 spiro atoms. The molecule has 0 unspecified atom stereocenters. The molecule has 0 fully saturated rings. The van der Waals surface area contributed by atoms with Gasteiger partial charge in [0.25, 0.3) is 0 Å². The van der Waals surface area contributed by atoms with Gasteiger partial charge in [0.2, 0.25) is 0 Å². The second-order valence-electron chi connectivity index (χ2n) is 4.25. The lowest BCUT2D eigenvalue weighted by atomic mass is 10.1. The van der Waals surface area contributed by atoms with Gasteiger partial charge in [0.15, 0.2) is 0 Å². The number of nitrogens with one attached hydrogen (secondary N) is 1. The zero-order valence-corrected chi connectivity index (χ0v) is 10.3. The Balaban J connectivity index is 2.13. The van der Waals surface area contributed by atoms with Gasteiger partial charge in [0.05, 0.1) is 16.9 Å². The Bertz CT molecular complexity index is 608. The van der Waals surface area contributed by atoms with Crippen LogP contribution in [0.1, 0.15) is 11.1 Å². The van der Waals surface area contributed by atoms with Crippen LogP contribution in [0.25, 0.3) is 0 Å². The number of benzene rings is 2. The summed E-state index contributed by atoms with van der Waals surface area (Å²) in [6.07, 6.45) is -4.38. The maximum atomic E-state index is 13.2. The number of alkyl halides is 3. The van der Waals surface area contributed by atoms with Crippen molar-refractivity contribution < 1.29 is 17.6 Å². The minimum Gasteiger partial charge on any atom is -0.395 e. The molecule has 0 atom stereocenters. The number of para-hydroxylation sites is 1. The maximum Gasteiger partial charge on any atom is 0.416 e. The van der Waals surface area contributed by atoms with Crippen LogP contribution in [-0.4, -0.2) is 0 Å². The molecule has 2 aromatic rings. The van der Waals surface area contributed by atoms with E-state index < -0.39 is 17.6 Å². The first-order chi connectivity index (χ1) is 9.38. The summed E-state index contributed by atoms with van der Waals surface area (Å²) >= 11 is 0. The zero-order chi connectivity index (χ0) is 14.8. The summed E-state index contributed by atoms with van der Waals surface area (Å²) in [6, 6.07) is 9.17. The zero-order valence-electron chi connectivity index (χ0n) is 10.3. The predicted octanol–water partition coefficient (Wildman–Crippen LogP) is 4.04. The maximum absolute atomic E-state index is 13.2. The lowest BCUT2D eigenvalue weighted by molar-refractivity contribution is -0.137. The Morgan fingerprint density at radius 3 is 2.45 bits per heavy atom. The second kappa shape index (κ2) is 5.40. The molecule has 0 aliphatic carbocycles. The van der Waals surface area contributed by atoms with E-state index >= 15 is 0 Å². The van der Waals surface area contributed by atoms with Gasteiger partial charge < -0.3 is 11.1 Å². The summed E-state index contributed by atoms with van der Waals surface area (Å²) in [4.78, 5) is 0. The molecule has 0 saturated carbocycles. The van der Waals surface area contributed by atoms with Crippen LogP contribution in [0.5, 0.6) is 0 Å². The van der Waals surface area contributed by atoms with Gasteiger partial charge in [-0.2, -0.15) is 13.2 Å². The molecule has 0 saturated heterocycles. The van der Waals surface area contributed by atoms with Gasteiger partial charge in [-0.15, -0.1) is 0 Å². The van der Waals surface area contributed by atoms with Gasteiger partial charge in [-0.3, -0.25) is 0 Å². The number of hydrogen-bond donors (Lipinski definition) is 2. The van der Waals surface area contributed by atoms with Crippen LogP contribution in [0.3, 0.4) is 0 Å². The van der Waals surface area contributed by atoms with Crippen LogP contribution >= 0.6 is 0 Å². The van der Waals surface area contributed by atoms with E-state index in [4.69, 9.17) is 5.73 Å². The summed E-state index contributed by atoms with van der Waals surface area (Å²) in [5.41, 5.74) is 5.54. The molecule has 0 radical (unpaired) electrons. The van der Waals surface area contributed by atoms with Crippen LogP contribution in [0.4, 0.5) is 28.9 Å². The molecule has 2 rings (SSSR count). The highest BCUT2D eigenvalue weighted by Crippen LogP contribution is 2.30. The Labute approximate surface area is 113 Å². The van der Waals surface area contributed by atoms with Crippen molar-refractivity contribution in [3.63, 3.8) is 0 Å². The van der Waals surface area contributed by atoms with Crippen molar-refractivity contribution in [2.75, 3.05) is 11.1 Å². The summed E-state index contributed by atoms with van der Waals surface area (Å²) in [6.45, 7) is 0.123. The highest BCUT2D eigenvalue weighted by molar-refractivity contribution is 5.66. The third kappa shape index (κ3) is 3.20. The van der Waals surface area contributed by atoms with Crippen LogP contribution in [0, 0.1) is 5.82 Å². The molecule has 3 N–H and O–H groups in total. The number of nitrogen functional groups attached to an aromatic ring is 1. The molecule has 0 heterocycles. The first-order valence-electron chi connectivity index (χ1n) is 5.82. The van der Waals surface area contributed by atoms with E-state index in [1.165, 1.54) is 18.2 Å². The highest BCUT2D eigenvalue weighted by Gasteiger charge is 2.30. The van der Waals surface area contributed by atoms with Gasteiger partial charge in [-0.25, -0.2) is 4.39 Å². The molecule has 20 heavy (non-hydrogen) atoms. The van der Waals surface area contributed by atoms with Crippen molar-refractivity contribution in [2.24, 2.45) is 0 Å². The Hall–Kier alpha value is -2.24. The molecular formula is C14H12F4N2. The molecule has 2 aromatic carbocycles. The Kier molecular flexibility index (Phi) is 3.83. The normalized spacial score (nSPS) is 11.4. The third-order valence-corrected chi connectivity index (χ3v) is 2.79. The van der Waals surface area contributed by atoms with Crippen LogP contribution in [0.15, 0.2) is 42.5 Å². The molecule has 106 valence electrons. The summed E-state index contributed by atoms with van der Waals surface area (Å²) < 4.78 is 50.9. The van der Waals surface area contributed by atoms with E-state index in [0.717, 1.165) is 12.1 Å². The number of halogens is 4. The SMILES string of the molecule is Nc1c(F)cccc1NCc1cccc(C(F)(F)F)c1. The fourth-order valence-corrected chi connectivity index (χ4v) is 1.75. The monoisotopic (exact) mass is 284 g/mol. The second-order valence-corrected chi connectivity index (χ2v) is 4.25. The van der Waals surface area contributed by atoms with E-state index in [0.29, 0.717) is 11.3 Å². The third-order valence-electron chi connectivity index (χ3n) is 2.79. The smallest absolute Gasteiger partial charge is 0.395 e. The first kappa shape index (κ1) is 14.2. The van der Waals surface area contributed by atoms with E-state index in [1.807, 2.05) is 0 Å². The van der Waals surface area contributed by atoms with E-state index in [-0.39, 0.29) is 12.2 Å². The van der Waals surface area contributed by atoms with Gasteiger partial charge in [0, 0.05) is 6.54 Å². The van der Waals surface area contributed by atoms with Crippen LogP contribution < -0.4 is 11.1 Å². The lowest BCUT2D eigenvalue weighted by Gasteiger charge is -2.12. The van der Waals surface area contributed by atoms with Crippen molar-refractivity contribution in [1.82, 2.24) is 0 Å². The topological polar surface area (TPSA) is 38.0 Å². The largest absolute Gasteiger partial charge is 0.416 e. The first-order valence-corrected chi connectivity index (χ1v) is 5.82. The minimum atomic E-state index is -4.38. The number of hydrogen-bond acceptors (Lipinski definition) is 2. The van der Waals surface area contributed by atoms with Crippen LogP contribution in [-0.2, 0) is 12.7 Å². The molecule has 0 aliphatic heterocycles. The molecular weight excluding hydrogens is 272 g/mol. The Morgan fingerprint density at radius 1 is 1.05 bits per heavy atom. The predicted molar refractivity (Wildman–Crippen MR) is 69.6 cm³/mol. The molecule has 0 aliphatic rings. The van der Waals surface area contributed by atoms with Crippen molar-refractivity contribution in [1.29, 1.82) is 0 Å². The average molecular weight is 284 g/mol. The number of anilines is 2. The molecule has 0 bridgehead atoms. The fourth-order valence-electron chi connectivity index (χ4n) is 1.75. The molecule has 6 heteroatoms. The number of nitrogens with two attached hydrogens (primary N) is 1. The standard InChI is InChI=1S/C14H12F4N2/c15-11-5-2-6-12(13(11)19)20-8-9-3-1-4-10(7-9)14(16,17)18/h1-7,20H,8,19H2. The Morgan fingerprint density at radius 2 is 1.75 bits per heavy atom. The van der Waals surface area contributed by atoms with E-state index in [1.54, 1.807) is 12.1 Å². The summed E-state index contributed by atoms with van der Waals surface area (Å²) in [5.74, 6) is -0.570. The lowest BCUT2D eigenvalue weighted by Crippen LogP contribution is -2.07. The van der Waals surface area contributed by atoms with E-state index in [2.05, 4.69) is 5.32 Å². The molecule has 0 aromatic heterocycles. The van der Waals surface area contributed by atoms with Gasteiger partial charge >= 0.3 is 6.18 Å². The van der Waals surface area contributed by atoms with Gasteiger partial charge in [-0.05, 0) is 29.8 Å². The van der Waals surface area contributed by atoms with Crippen molar-refractivity contribution in [3.05, 3.63) is 59.4 Å². The molecule has 0 amide bonds. The van der Waals surface area contributed by atoms with E-state index in [9.17, 15) is 17.6 Å². The minimum absolute atomic E-state index is 0.0560. The van der Waals surface area contributed by atoms with Crippen LogP contribution in [0.2, 0.25) is 0 Å². The van der Waals surface area contributed by atoms with Gasteiger partial charge in [-0.1, -0.05) is 18.2 Å². The molecule has 2 nitrogen and oxygen atoms in total. The highest BCUT2D eigenvalue weighted by atomic mass is 19.4.